The maximum Gasteiger partial charge on any atom is 0.262 e. The molecule has 29 heavy (non-hydrogen) atoms. The summed E-state index contributed by atoms with van der Waals surface area (Å²) in [6, 6.07) is 20.2. The van der Waals surface area contributed by atoms with Crippen molar-refractivity contribution >= 4 is 56.0 Å². The van der Waals surface area contributed by atoms with Gasteiger partial charge in [0.25, 0.3) is 10.0 Å². The molecule has 0 amide bonds. The number of para-hydroxylation sites is 1. The quantitative estimate of drug-likeness (QED) is 0.463. The van der Waals surface area contributed by atoms with Gasteiger partial charge in [-0.25, -0.2) is 8.42 Å². The van der Waals surface area contributed by atoms with Crippen molar-refractivity contribution in [3.63, 3.8) is 0 Å². The SMILES string of the molecule is COc1cccc(NC(=S)Nc2cccc(S(=O)(=O)Nc3ccccc3Cl)c2)c1. The molecule has 6 nitrogen and oxygen atoms in total. The van der Waals surface area contributed by atoms with E-state index in [-0.39, 0.29) is 4.90 Å². The Morgan fingerprint density at radius 3 is 2.28 bits per heavy atom. The number of hydrogen-bond donors (Lipinski definition) is 3. The Morgan fingerprint density at radius 2 is 1.59 bits per heavy atom. The van der Waals surface area contributed by atoms with Gasteiger partial charge in [0.2, 0.25) is 0 Å². The van der Waals surface area contributed by atoms with Crippen molar-refractivity contribution in [2.75, 3.05) is 22.5 Å². The van der Waals surface area contributed by atoms with Crippen LogP contribution in [-0.2, 0) is 10.0 Å². The van der Waals surface area contributed by atoms with Crippen LogP contribution in [-0.4, -0.2) is 20.6 Å². The summed E-state index contributed by atoms with van der Waals surface area (Å²) in [5.41, 5.74) is 1.57. The molecule has 0 aliphatic heterocycles. The minimum atomic E-state index is -3.82. The second-order valence-corrected chi connectivity index (χ2v) is 8.42. The van der Waals surface area contributed by atoms with Gasteiger partial charge in [-0.05, 0) is 54.7 Å². The van der Waals surface area contributed by atoms with Gasteiger partial charge < -0.3 is 15.4 Å². The van der Waals surface area contributed by atoms with E-state index in [0.29, 0.717) is 27.3 Å². The molecule has 3 aromatic carbocycles. The first-order chi connectivity index (χ1) is 13.9. The smallest absolute Gasteiger partial charge is 0.262 e. The van der Waals surface area contributed by atoms with Gasteiger partial charge in [0.15, 0.2) is 5.11 Å². The molecule has 0 spiro atoms. The van der Waals surface area contributed by atoms with Crippen LogP contribution in [0.4, 0.5) is 17.1 Å². The van der Waals surface area contributed by atoms with Gasteiger partial charge in [-0.2, -0.15) is 0 Å². The molecule has 3 N–H and O–H groups in total. The number of benzene rings is 3. The largest absolute Gasteiger partial charge is 0.497 e. The van der Waals surface area contributed by atoms with Crippen LogP contribution in [0.5, 0.6) is 5.75 Å². The first-order valence-electron chi connectivity index (χ1n) is 8.47. The number of rotatable bonds is 6. The molecule has 0 bridgehead atoms. The number of thiocarbonyl (C=S) groups is 1. The van der Waals surface area contributed by atoms with E-state index in [0.717, 1.165) is 5.69 Å². The Hall–Kier alpha value is -2.81. The second kappa shape index (κ2) is 9.13. The molecule has 0 saturated carbocycles. The van der Waals surface area contributed by atoms with Crippen molar-refractivity contribution in [1.29, 1.82) is 0 Å². The van der Waals surface area contributed by atoms with E-state index >= 15 is 0 Å². The molecule has 0 aromatic heterocycles. The highest BCUT2D eigenvalue weighted by molar-refractivity contribution is 7.92. The summed E-state index contributed by atoms with van der Waals surface area (Å²) in [6.45, 7) is 0. The van der Waals surface area contributed by atoms with Crippen molar-refractivity contribution in [2.45, 2.75) is 4.90 Å². The molecule has 3 aromatic rings. The van der Waals surface area contributed by atoms with Crippen LogP contribution in [0.15, 0.2) is 77.7 Å². The topological polar surface area (TPSA) is 79.5 Å². The van der Waals surface area contributed by atoms with Crippen molar-refractivity contribution < 1.29 is 13.2 Å². The summed E-state index contributed by atoms with van der Waals surface area (Å²) in [4.78, 5) is 0.0756. The number of halogens is 1. The number of nitrogens with one attached hydrogen (secondary N) is 3. The molecule has 0 saturated heterocycles. The average molecular weight is 448 g/mol. The van der Waals surface area contributed by atoms with Crippen molar-refractivity contribution in [3.05, 3.63) is 77.8 Å². The lowest BCUT2D eigenvalue weighted by molar-refractivity contribution is 0.415. The minimum Gasteiger partial charge on any atom is -0.497 e. The molecule has 0 atom stereocenters. The molecular weight excluding hydrogens is 430 g/mol. The predicted molar refractivity (Wildman–Crippen MR) is 122 cm³/mol. The number of hydrogen-bond acceptors (Lipinski definition) is 4. The van der Waals surface area contributed by atoms with E-state index in [1.54, 1.807) is 49.6 Å². The van der Waals surface area contributed by atoms with Crippen molar-refractivity contribution in [3.8, 4) is 5.75 Å². The number of anilines is 3. The van der Waals surface area contributed by atoms with Gasteiger partial charge in [-0.1, -0.05) is 35.9 Å². The summed E-state index contributed by atoms with van der Waals surface area (Å²) in [5, 5.41) is 6.63. The third kappa shape index (κ3) is 5.60. The molecule has 3 rings (SSSR count). The van der Waals surface area contributed by atoms with Crippen molar-refractivity contribution in [2.24, 2.45) is 0 Å². The fourth-order valence-electron chi connectivity index (χ4n) is 2.48. The number of methoxy groups -OCH3 is 1. The Labute approximate surface area is 179 Å². The van der Waals surface area contributed by atoms with Crippen molar-refractivity contribution in [1.82, 2.24) is 0 Å². The number of sulfonamides is 1. The van der Waals surface area contributed by atoms with Crippen LogP contribution in [0.1, 0.15) is 0 Å². The normalized spacial score (nSPS) is 10.8. The van der Waals surface area contributed by atoms with E-state index < -0.39 is 10.0 Å². The fraction of sp³-hybridized carbons (Fsp3) is 0.0500. The maximum absolute atomic E-state index is 12.7. The van der Waals surface area contributed by atoms with E-state index in [9.17, 15) is 8.42 Å². The van der Waals surface area contributed by atoms with Gasteiger partial charge in [-0.3, -0.25) is 4.72 Å². The van der Waals surface area contributed by atoms with Crippen LogP contribution in [0.3, 0.4) is 0 Å². The zero-order valence-electron chi connectivity index (χ0n) is 15.3. The zero-order valence-corrected chi connectivity index (χ0v) is 17.7. The Bertz CT molecular complexity index is 1140. The van der Waals surface area contributed by atoms with E-state index in [4.69, 9.17) is 28.6 Å². The summed E-state index contributed by atoms with van der Waals surface area (Å²) in [7, 11) is -2.24. The fourth-order valence-corrected chi connectivity index (χ4v) is 4.08. The molecule has 0 unspecified atom stereocenters. The molecule has 9 heteroatoms. The second-order valence-electron chi connectivity index (χ2n) is 5.92. The molecule has 0 radical (unpaired) electrons. The van der Waals surface area contributed by atoms with E-state index in [1.807, 2.05) is 18.2 Å². The first kappa shape index (κ1) is 20.9. The Kier molecular flexibility index (Phi) is 6.58. The van der Waals surface area contributed by atoms with Gasteiger partial charge in [0, 0.05) is 17.4 Å². The van der Waals surface area contributed by atoms with Crippen LogP contribution < -0.4 is 20.1 Å². The summed E-state index contributed by atoms with van der Waals surface area (Å²) >= 11 is 11.4. The van der Waals surface area contributed by atoms with Gasteiger partial charge >= 0.3 is 0 Å². The summed E-state index contributed by atoms with van der Waals surface area (Å²) < 4.78 is 33.1. The molecule has 0 aliphatic carbocycles. The van der Waals surface area contributed by atoms with Crippen LogP contribution in [0.25, 0.3) is 0 Å². The highest BCUT2D eigenvalue weighted by Gasteiger charge is 2.16. The maximum atomic E-state index is 12.7. The highest BCUT2D eigenvalue weighted by Crippen LogP contribution is 2.25. The third-order valence-corrected chi connectivity index (χ3v) is 5.74. The lowest BCUT2D eigenvalue weighted by atomic mass is 10.3. The van der Waals surface area contributed by atoms with Crippen LogP contribution in [0.2, 0.25) is 5.02 Å². The third-order valence-electron chi connectivity index (χ3n) is 3.85. The zero-order chi connectivity index (χ0) is 20.9. The molecule has 0 fully saturated rings. The first-order valence-corrected chi connectivity index (χ1v) is 10.7. The minimum absolute atomic E-state index is 0.0756. The van der Waals surface area contributed by atoms with E-state index in [1.165, 1.54) is 12.1 Å². The monoisotopic (exact) mass is 447 g/mol. The lowest BCUT2D eigenvalue weighted by Crippen LogP contribution is -2.19. The molecule has 150 valence electrons. The molecular formula is C20H18ClN3O3S2. The van der Waals surface area contributed by atoms with E-state index in [2.05, 4.69) is 15.4 Å². The van der Waals surface area contributed by atoms with Crippen LogP contribution in [0, 0.1) is 0 Å². The Morgan fingerprint density at radius 1 is 0.931 bits per heavy atom. The van der Waals surface area contributed by atoms with Gasteiger partial charge in [0.05, 0.1) is 22.7 Å². The van der Waals surface area contributed by atoms with Gasteiger partial charge in [0.1, 0.15) is 5.75 Å². The molecule has 0 heterocycles. The average Bonchev–Trinajstić information content (AvgIpc) is 2.70. The summed E-state index contributed by atoms with van der Waals surface area (Å²) in [5.74, 6) is 0.691. The van der Waals surface area contributed by atoms with Gasteiger partial charge in [-0.15, -0.1) is 0 Å². The molecule has 0 aliphatic rings. The number of ether oxygens (including phenoxy) is 1. The standard InChI is InChI=1S/C20H18ClN3O3S2/c1-27-16-8-4-6-14(12-16)22-20(28)23-15-7-5-9-17(13-15)29(25,26)24-19-11-3-2-10-18(19)21/h2-13,24H,1H3,(H2,22,23,28). The van der Waals surface area contributed by atoms with Crippen LogP contribution >= 0.6 is 23.8 Å². The predicted octanol–water partition coefficient (Wildman–Crippen LogP) is 4.96. The lowest BCUT2D eigenvalue weighted by Gasteiger charge is -2.13. The summed E-state index contributed by atoms with van der Waals surface area (Å²) in [6.07, 6.45) is 0. The Balaban J connectivity index is 1.73. The highest BCUT2D eigenvalue weighted by atomic mass is 35.5.